The second-order valence-electron chi connectivity index (χ2n) is 5.31. The summed E-state index contributed by atoms with van der Waals surface area (Å²) in [5.74, 6) is 2.41. The fraction of sp³-hybridized carbons (Fsp3) is 0.375. The third-order valence-electron chi connectivity index (χ3n) is 3.54. The molecule has 0 aliphatic rings. The third-order valence-corrected chi connectivity index (χ3v) is 5.04. The molecule has 0 aliphatic heterocycles. The quantitative estimate of drug-likeness (QED) is 0.528. The first kappa shape index (κ1) is 18.2. The Morgan fingerprint density at radius 2 is 1.96 bits per heavy atom. The lowest BCUT2D eigenvalue weighted by atomic mass is 10.2. The molecule has 3 rings (SSSR count). The minimum absolute atomic E-state index is 0.376. The van der Waals surface area contributed by atoms with E-state index in [1.54, 1.807) is 18.2 Å². The summed E-state index contributed by atoms with van der Waals surface area (Å²) in [6.07, 6.45) is 1.96. The summed E-state index contributed by atoms with van der Waals surface area (Å²) < 4.78 is 7.82. The lowest BCUT2D eigenvalue weighted by molar-refractivity contribution is 0.528. The maximum absolute atomic E-state index is 6.18. The predicted molar refractivity (Wildman–Crippen MR) is 99.0 cm³/mol. The lowest BCUT2D eigenvalue weighted by Gasteiger charge is -2.05. The zero-order chi connectivity index (χ0) is 17.8. The Kier molecular flexibility index (Phi) is 5.98. The van der Waals surface area contributed by atoms with Gasteiger partial charge in [0.15, 0.2) is 5.16 Å². The zero-order valence-corrected chi connectivity index (χ0v) is 16.2. The van der Waals surface area contributed by atoms with Crippen molar-refractivity contribution in [3.63, 3.8) is 0 Å². The molecule has 0 aliphatic carbocycles. The molecule has 0 radical (unpaired) electrons. The van der Waals surface area contributed by atoms with E-state index in [1.165, 1.54) is 11.8 Å². The predicted octanol–water partition coefficient (Wildman–Crippen LogP) is 4.90. The van der Waals surface area contributed by atoms with Crippen molar-refractivity contribution in [3.8, 4) is 11.5 Å². The molecule has 25 heavy (non-hydrogen) atoms. The number of nitrogens with zero attached hydrogens (tertiary/aromatic N) is 5. The molecule has 0 spiro atoms. The molecule has 0 amide bonds. The molecule has 132 valence electrons. The summed E-state index contributed by atoms with van der Waals surface area (Å²) in [4.78, 5) is 0. The van der Waals surface area contributed by atoms with E-state index < -0.39 is 0 Å². The van der Waals surface area contributed by atoms with Crippen LogP contribution < -0.4 is 0 Å². The summed E-state index contributed by atoms with van der Waals surface area (Å²) in [7, 11) is 0. The van der Waals surface area contributed by atoms with Crippen molar-refractivity contribution >= 4 is 35.0 Å². The van der Waals surface area contributed by atoms with Crippen LogP contribution in [-0.4, -0.2) is 25.0 Å². The van der Waals surface area contributed by atoms with Crippen LogP contribution in [0.25, 0.3) is 11.5 Å². The van der Waals surface area contributed by atoms with Gasteiger partial charge < -0.3 is 8.98 Å². The second-order valence-corrected chi connectivity index (χ2v) is 7.09. The number of thioether (sulfide) groups is 1. The van der Waals surface area contributed by atoms with Gasteiger partial charge in [0.1, 0.15) is 5.82 Å². The van der Waals surface area contributed by atoms with Crippen molar-refractivity contribution in [3.05, 3.63) is 40.0 Å². The minimum atomic E-state index is 0.376. The SMILES string of the molecule is CCCc1nnc(SCc2nnc(-c3ccc(Cl)cc3Cl)o2)n1CC. The fourth-order valence-corrected chi connectivity index (χ4v) is 3.71. The molecule has 0 N–H and O–H groups in total. The Morgan fingerprint density at radius 1 is 1.12 bits per heavy atom. The first-order chi connectivity index (χ1) is 12.1. The number of rotatable bonds is 7. The molecule has 0 saturated carbocycles. The molecule has 0 unspecified atom stereocenters. The normalized spacial score (nSPS) is 11.2. The van der Waals surface area contributed by atoms with E-state index in [9.17, 15) is 0 Å². The van der Waals surface area contributed by atoms with Gasteiger partial charge in [-0.2, -0.15) is 0 Å². The van der Waals surface area contributed by atoms with Crippen LogP contribution in [0.2, 0.25) is 10.0 Å². The Morgan fingerprint density at radius 3 is 2.68 bits per heavy atom. The third kappa shape index (κ3) is 4.16. The molecule has 2 heterocycles. The van der Waals surface area contributed by atoms with Crippen LogP contribution in [0.15, 0.2) is 27.8 Å². The highest BCUT2D eigenvalue weighted by atomic mass is 35.5. The van der Waals surface area contributed by atoms with Crippen molar-refractivity contribution in [2.45, 2.75) is 44.1 Å². The average Bonchev–Trinajstić information content (AvgIpc) is 3.20. The van der Waals surface area contributed by atoms with Crippen LogP contribution in [0.5, 0.6) is 0 Å². The topological polar surface area (TPSA) is 69.6 Å². The molecule has 6 nitrogen and oxygen atoms in total. The Hall–Kier alpha value is -1.57. The van der Waals surface area contributed by atoms with Crippen molar-refractivity contribution in [1.29, 1.82) is 0 Å². The summed E-state index contributed by atoms with van der Waals surface area (Å²) in [6.45, 7) is 5.05. The number of hydrogen-bond acceptors (Lipinski definition) is 6. The van der Waals surface area contributed by atoms with Crippen molar-refractivity contribution < 1.29 is 4.42 Å². The molecule has 0 bridgehead atoms. The van der Waals surface area contributed by atoms with Gasteiger partial charge in [0.2, 0.25) is 11.8 Å². The van der Waals surface area contributed by atoms with Gasteiger partial charge >= 0.3 is 0 Å². The smallest absolute Gasteiger partial charge is 0.249 e. The average molecular weight is 398 g/mol. The molecule has 2 aromatic heterocycles. The number of hydrogen-bond donors (Lipinski definition) is 0. The van der Waals surface area contributed by atoms with Crippen LogP contribution in [-0.2, 0) is 18.7 Å². The second kappa shape index (κ2) is 8.21. The van der Waals surface area contributed by atoms with Gasteiger partial charge in [-0.15, -0.1) is 20.4 Å². The Bertz CT molecular complexity index is 864. The molecular weight excluding hydrogens is 381 g/mol. The first-order valence-electron chi connectivity index (χ1n) is 7.95. The van der Waals surface area contributed by atoms with E-state index in [0.717, 1.165) is 30.4 Å². The van der Waals surface area contributed by atoms with E-state index in [0.29, 0.717) is 33.1 Å². The largest absolute Gasteiger partial charge is 0.420 e. The molecule has 0 atom stereocenters. The molecule has 0 saturated heterocycles. The van der Waals surface area contributed by atoms with Gasteiger partial charge in [-0.3, -0.25) is 0 Å². The zero-order valence-electron chi connectivity index (χ0n) is 13.9. The van der Waals surface area contributed by atoms with E-state index in [4.69, 9.17) is 27.6 Å². The maximum Gasteiger partial charge on any atom is 0.249 e. The lowest BCUT2D eigenvalue weighted by Crippen LogP contribution is -2.03. The highest BCUT2D eigenvalue weighted by Crippen LogP contribution is 2.30. The van der Waals surface area contributed by atoms with E-state index in [-0.39, 0.29) is 0 Å². The van der Waals surface area contributed by atoms with Crippen LogP contribution in [0.1, 0.15) is 32.0 Å². The van der Waals surface area contributed by atoms with Crippen LogP contribution >= 0.6 is 35.0 Å². The molecular formula is C16H17Cl2N5OS. The maximum atomic E-state index is 6.18. The fourth-order valence-electron chi connectivity index (χ4n) is 2.36. The minimum Gasteiger partial charge on any atom is -0.420 e. The van der Waals surface area contributed by atoms with Crippen molar-refractivity contribution in [1.82, 2.24) is 25.0 Å². The first-order valence-corrected chi connectivity index (χ1v) is 9.69. The van der Waals surface area contributed by atoms with Crippen molar-refractivity contribution in [2.75, 3.05) is 0 Å². The van der Waals surface area contributed by atoms with Crippen molar-refractivity contribution in [2.24, 2.45) is 0 Å². The molecule has 9 heteroatoms. The number of halogens is 2. The summed E-state index contributed by atoms with van der Waals surface area (Å²) in [6, 6.07) is 5.15. The summed E-state index contributed by atoms with van der Waals surface area (Å²) in [5, 5.41) is 18.6. The Labute approximate surface area is 159 Å². The molecule has 3 aromatic rings. The molecule has 1 aromatic carbocycles. The van der Waals surface area contributed by atoms with Crippen LogP contribution in [0.4, 0.5) is 0 Å². The molecule has 0 fully saturated rings. The number of aryl methyl sites for hydroxylation is 1. The Balaban J connectivity index is 1.72. The summed E-state index contributed by atoms with van der Waals surface area (Å²) >= 11 is 13.6. The monoisotopic (exact) mass is 397 g/mol. The van der Waals surface area contributed by atoms with Gasteiger partial charge in [-0.25, -0.2) is 0 Å². The van der Waals surface area contributed by atoms with Crippen LogP contribution in [0, 0.1) is 0 Å². The van der Waals surface area contributed by atoms with E-state index in [1.807, 2.05) is 0 Å². The van der Waals surface area contributed by atoms with Gasteiger partial charge in [0.25, 0.3) is 0 Å². The standard InChI is InChI=1S/C16H17Cl2N5OS/c1-3-5-13-19-22-16(23(13)4-2)25-9-14-20-21-15(24-14)11-7-6-10(17)8-12(11)18/h6-8H,3-5,9H2,1-2H3. The van der Waals surface area contributed by atoms with Crippen LogP contribution in [0.3, 0.4) is 0 Å². The van der Waals surface area contributed by atoms with E-state index in [2.05, 4.69) is 38.8 Å². The highest BCUT2D eigenvalue weighted by Gasteiger charge is 2.15. The van der Waals surface area contributed by atoms with E-state index >= 15 is 0 Å². The number of aromatic nitrogens is 5. The summed E-state index contributed by atoms with van der Waals surface area (Å²) in [5.41, 5.74) is 0.664. The van der Waals surface area contributed by atoms with Gasteiger partial charge in [0.05, 0.1) is 16.3 Å². The van der Waals surface area contributed by atoms with Gasteiger partial charge in [-0.05, 0) is 31.5 Å². The number of benzene rings is 1. The highest BCUT2D eigenvalue weighted by molar-refractivity contribution is 7.98. The van der Waals surface area contributed by atoms with Gasteiger partial charge in [0, 0.05) is 18.0 Å². The van der Waals surface area contributed by atoms with Gasteiger partial charge in [-0.1, -0.05) is 41.9 Å².